The quantitative estimate of drug-likeness (QED) is 0.692. The van der Waals surface area contributed by atoms with E-state index < -0.39 is 5.97 Å². The Hall–Kier alpha value is -2.21. The van der Waals surface area contributed by atoms with Crippen molar-refractivity contribution in [3.8, 4) is 5.75 Å². The summed E-state index contributed by atoms with van der Waals surface area (Å²) in [7, 11) is 3.25. The van der Waals surface area contributed by atoms with E-state index in [2.05, 4.69) is 5.10 Å². The number of halogens is 1. The van der Waals surface area contributed by atoms with Crippen molar-refractivity contribution in [2.24, 2.45) is 7.05 Å². The second-order valence-corrected chi connectivity index (χ2v) is 4.88. The van der Waals surface area contributed by atoms with Gasteiger partial charge in [0.05, 0.1) is 34.8 Å². The molecule has 1 heterocycles. The summed E-state index contributed by atoms with van der Waals surface area (Å²) in [5, 5.41) is 4.65. The highest BCUT2D eigenvalue weighted by molar-refractivity contribution is 6.31. The van der Waals surface area contributed by atoms with Crippen LogP contribution in [0.2, 0.25) is 5.02 Å². The zero-order chi connectivity index (χ0) is 15.6. The molecule has 0 spiro atoms. The number of nitrogen functional groups attached to an aromatic ring is 1. The van der Waals surface area contributed by atoms with Gasteiger partial charge >= 0.3 is 5.97 Å². The first-order chi connectivity index (χ1) is 9.93. The Morgan fingerprint density at radius 1 is 1.48 bits per heavy atom. The minimum atomic E-state index is -0.487. The van der Waals surface area contributed by atoms with E-state index in [-0.39, 0.29) is 6.61 Å². The Bertz CT molecular complexity index is 682. The minimum Gasteiger partial charge on any atom is -0.495 e. The van der Waals surface area contributed by atoms with Crippen molar-refractivity contribution < 1.29 is 14.3 Å². The number of rotatable bonds is 4. The summed E-state index contributed by atoms with van der Waals surface area (Å²) in [4.78, 5) is 12.0. The number of anilines is 1. The number of nitrogens with zero attached hydrogens (tertiary/aromatic N) is 2. The standard InChI is InChI=1S/C14H16ClN3O3/c1-8-13(15)11(18(2)17-8)7-21-14(19)9-4-5-12(20-3)10(16)6-9/h4-6H,7,16H2,1-3H3. The Morgan fingerprint density at radius 3 is 2.71 bits per heavy atom. The van der Waals surface area contributed by atoms with Gasteiger partial charge in [0.15, 0.2) is 0 Å². The molecule has 2 aromatic rings. The molecule has 0 aliphatic rings. The number of hydrogen-bond donors (Lipinski definition) is 1. The Balaban J connectivity index is 2.10. The minimum absolute atomic E-state index is 0.0426. The largest absolute Gasteiger partial charge is 0.495 e. The summed E-state index contributed by atoms with van der Waals surface area (Å²) in [6.07, 6.45) is 0. The normalized spacial score (nSPS) is 10.5. The van der Waals surface area contributed by atoms with Crippen molar-refractivity contribution in [2.45, 2.75) is 13.5 Å². The lowest BCUT2D eigenvalue weighted by atomic mass is 10.2. The van der Waals surface area contributed by atoms with E-state index in [0.717, 1.165) is 0 Å². The van der Waals surface area contributed by atoms with Gasteiger partial charge in [-0.25, -0.2) is 4.79 Å². The van der Waals surface area contributed by atoms with Crippen LogP contribution in [-0.2, 0) is 18.4 Å². The number of aromatic nitrogens is 2. The molecule has 2 N–H and O–H groups in total. The summed E-state index contributed by atoms with van der Waals surface area (Å²) in [6.45, 7) is 1.83. The van der Waals surface area contributed by atoms with E-state index in [0.29, 0.717) is 33.4 Å². The highest BCUT2D eigenvalue weighted by Crippen LogP contribution is 2.23. The number of carbonyl (C=O) groups excluding carboxylic acids is 1. The molecule has 0 amide bonds. The predicted octanol–water partition coefficient (Wildman–Crippen LogP) is 2.33. The molecular weight excluding hydrogens is 294 g/mol. The second-order valence-electron chi connectivity index (χ2n) is 4.50. The van der Waals surface area contributed by atoms with Crippen LogP contribution in [0.5, 0.6) is 5.75 Å². The monoisotopic (exact) mass is 309 g/mol. The maximum atomic E-state index is 12.0. The first-order valence-corrected chi connectivity index (χ1v) is 6.60. The molecule has 0 aliphatic heterocycles. The fourth-order valence-electron chi connectivity index (χ4n) is 1.92. The number of nitrogens with two attached hydrogens (primary N) is 1. The van der Waals surface area contributed by atoms with Crippen LogP contribution in [0, 0.1) is 6.92 Å². The molecule has 0 saturated carbocycles. The van der Waals surface area contributed by atoms with Crippen LogP contribution in [0.15, 0.2) is 18.2 Å². The average molecular weight is 310 g/mol. The maximum absolute atomic E-state index is 12.0. The molecule has 0 fully saturated rings. The molecule has 0 saturated heterocycles. The molecule has 0 atom stereocenters. The summed E-state index contributed by atoms with van der Waals surface area (Å²) in [5.74, 6) is 0.0242. The van der Waals surface area contributed by atoms with Gasteiger partial charge in [-0.3, -0.25) is 4.68 Å². The van der Waals surface area contributed by atoms with E-state index in [1.807, 2.05) is 0 Å². The number of methoxy groups -OCH3 is 1. The highest BCUT2D eigenvalue weighted by atomic mass is 35.5. The third kappa shape index (κ3) is 3.11. The molecular formula is C14H16ClN3O3. The van der Waals surface area contributed by atoms with Crippen LogP contribution in [0.3, 0.4) is 0 Å². The van der Waals surface area contributed by atoms with E-state index in [1.54, 1.807) is 30.8 Å². The van der Waals surface area contributed by atoms with Gasteiger partial charge in [-0.05, 0) is 25.1 Å². The first kappa shape index (κ1) is 15.2. The molecule has 0 radical (unpaired) electrons. The zero-order valence-electron chi connectivity index (χ0n) is 12.0. The van der Waals surface area contributed by atoms with Crippen LogP contribution in [0.1, 0.15) is 21.7 Å². The molecule has 0 aliphatic carbocycles. The lowest BCUT2D eigenvalue weighted by Gasteiger charge is -2.08. The number of carbonyl (C=O) groups is 1. The predicted molar refractivity (Wildman–Crippen MR) is 79.5 cm³/mol. The molecule has 7 heteroatoms. The molecule has 112 valence electrons. The van der Waals surface area contributed by atoms with E-state index in [1.165, 1.54) is 13.2 Å². The summed E-state index contributed by atoms with van der Waals surface area (Å²) >= 11 is 6.10. The van der Waals surface area contributed by atoms with Crippen LogP contribution < -0.4 is 10.5 Å². The number of benzene rings is 1. The van der Waals surface area contributed by atoms with Crippen molar-refractivity contribution in [2.75, 3.05) is 12.8 Å². The smallest absolute Gasteiger partial charge is 0.338 e. The average Bonchev–Trinajstić information content (AvgIpc) is 2.69. The Kier molecular flexibility index (Phi) is 4.37. The highest BCUT2D eigenvalue weighted by Gasteiger charge is 2.15. The van der Waals surface area contributed by atoms with Crippen molar-refractivity contribution in [3.05, 3.63) is 40.2 Å². The van der Waals surface area contributed by atoms with E-state index in [9.17, 15) is 4.79 Å². The van der Waals surface area contributed by atoms with Crippen molar-refractivity contribution in [1.29, 1.82) is 0 Å². The number of esters is 1. The number of hydrogen-bond acceptors (Lipinski definition) is 5. The van der Waals surface area contributed by atoms with Gasteiger partial charge in [0, 0.05) is 7.05 Å². The molecule has 21 heavy (non-hydrogen) atoms. The van der Waals surface area contributed by atoms with Gasteiger partial charge in [0.25, 0.3) is 0 Å². The maximum Gasteiger partial charge on any atom is 0.338 e. The number of aryl methyl sites for hydroxylation is 2. The molecule has 0 unspecified atom stereocenters. The fourth-order valence-corrected chi connectivity index (χ4v) is 2.13. The van der Waals surface area contributed by atoms with Gasteiger partial charge in [-0.2, -0.15) is 5.10 Å². The summed E-state index contributed by atoms with van der Waals surface area (Å²) in [6, 6.07) is 4.72. The van der Waals surface area contributed by atoms with Crippen molar-refractivity contribution >= 4 is 23.3 Å². The first-order valence-electron chi connectivity index (χ1n) is 6.22. The van der Waals surface area contributed by atoms with E-state index in [4.69, 9.17) is 26.8 Å². The molecule has 1 aromatic carbocycles. The SMILES string of the molecule is COc1ccc(C(=O)OCc2c(Cl)c(C)nn2C)cc1N. The summed E-state index contributed by atoms with van der Waals surface area (Å²) < 4.78 is 11.9. The Morgan fingerprint density at radius 2 is 2.19 bits per heavy atom. The Labute approximate surface area is 127 Å². The van der Waals surface area contributed by atoms with Gasteiger partial charge < -0.3 is 15.2 Å². The fraction of sp³-hybridized carbons (Fsp3) is 0.286. The molecule has 0 bridgehead atoms. The van der Waals surface area contributed by atoms with Crippen LogP contribution >= 0.6 is 11.6 Å². The van der Waals surface area contributed by atoms with Gasteiger partial charge in [0.2, 0.25) is 0 Å². The third-order valence-electron chi connectivity index (χ3n) is 3.07. The third-order valence-corrected chi connectivity index (χ3v) is 3.56. The van der Waals surface area contributed by atoms with Crippen LogP contribution in [0.25, 0.3) is 0 Å². The molecule has 2 rings (SSSR count). The molecule has 6 nitrogen and oxygen atoms in total. The second kappa shape index (κ2) is 6.05. The van der Waals surface area contributed by atoms with Crippen LogP contribution in [0.4, 0.5) is 5.69 Å². The van der Waals surface area contributed by atoms with Crippen LogP contribution in [-0.4, -0.2) is 22.9 Å². The van der Waals surface area contributed by atoms with Gasteiger partial charge in [-0.1, -0.05) is 11.6 Å². The topological polar surface area (TPSA) is 79.4 Å². The van der Waals surface area contributed by atoms with Crippen molar-refractivity contribution in [1.82, 2.24) is 9.78 Å². The number of ether oxygens (including phenoxy) is 2. The zero-order valence-corrected chi connectivity index (χ0v) is 12.8. The summed E-state index contributed by atoms with van der Waals surface area (Å²) in [5.41, 5.74) is 7.82. The van der Waals surface area contributed by atoms with Gasteiger partial charge in [0.1, 0.15) is 12.4 Å². The lowest BCUT2D eigenvalue weighted by Crippen LogP contribution is -2.09. The van der Waals surface area contributed by atoms with Crippen molar-refractivity contribution in [3.63, 3.8) is 0 Å². The van der Waals surface area contributed by atoms with Gasteiger partial charge in [-0.15, -0.1) is 0 Å². The van der Waals surface area contributed by atoms with E-state index >= 15 is 0 Å². The molecule has 1 aromatic heterocycles. The lowest BCUT2D eigenvalue weighted by molar-refractivity contribution is 0.0463.